The van der Waals surface area contributed by atoms with Crippen molar-refractivity contribution in [2.45, 2.75) is 0 Å². The zero-order valence-electron chi connectivity index (χ0n) is 10.2. The third-order valence-corrected chi connectivity index (χ3v) is 4.82. The number of nitrogens with zero attached hydrogens (tertiary/aromatic N) is 1. The van der Waals surface area contributed by atoms with Gasteiger partial charge >= 0.3 is 0 Å². The summed E-state index contributed by atoms with van der Waals surface area (Å²) in [6.45, 7) is 3.79. The van der Waals surface area contributed by atoms with Gasteiger partial charge in [-0.3, -0.25) is 4.79 Å². The molecule has 0 unspecified atom stereocenters. The zero-order valence-corrected chi connectivity index (χ0v) is 14.0. The summed E-state index contributed by atoms with van der Waals surface area (Å²) in [5.41, 5.74) is 0.630. The molecular formula is C13H15Cl2IN2O. The Bertz CT molecular complexity index is 486. The van der Waals surface area contributed by atoms with Crippen LogP contribution in [0.25, 0.3) is 0 Å². The summed E-state index contributed by atoms with van der Waals surface area (Å²) in [4.78, 5) is 14.4. The topological polar surface area (TPSA) is 32.3 Å². The number of amides is 1. The molecule has 2 heterocycles. The summed E-state index contributed by atoms with van der Waals surface area (Å²) >= 11 is 8.36. The molecule has 1 amide bonds. The van der Waals surface area contributed by atoms with Gasteiger partial charge in [0.2, 0.25) is 0 Å². The van der Waals surface area contributed by atoms with Crippen molar-refractivity contribution in [2.75, 3.05) is 26.2 Å². The maximum absolute atomic E-state index is 12.4. The average Bonchev–Trinajstić information content (AvgIpc) is 2.87. The molecule has 3 rings (SSSR count). The number of hydrogen-bond acceptors (Lipinski definition) is 2. The van der Waals surface area contributed by atoms with E-state index in [1.165, 1.54) is 0 Å². The highest BCUT2D eigenvalue weighted by atomic mass is 127. The molecule has 104 valence electrons. The minimum absolute atomic E-state index is 0. The van der Waals surface area contributed by atoms with E-state index in [0.29, 0.717) is 22.4 Å². The third kappa shape index (κ3) is 3.01. The Kier molecular flexibility index (Phi) is 4.98. The van der Waals surface area contributed by atoms with Gasteiger partial charge in [-0.2, -0.15) is 0 Å². The first kappa shape index (κ1) is 15.4. The number of carbonyl (C=O) groups excluding carboxylic acids is 1. The number of hydrogen-bond donors (Lipinski definition) is 1. The summed E-state index contributed by atoms with van der Waals surface area (Å²) < 4.78 is 1.05. The van der Waals surface area contributed by atoms with Crippen LogP contribution in [0.4, 0.5) is 0 Å². The Morgan fingerprint density at radius 2 is 1.95 bits per heavy atom. The SMILES string of the molecule is Cl.O=C(c1ccc(I)cc1Cl)N1C[C@H]2CNC[C@H]2C1. The lowest BCUT2D eigenvalue weighted by Crippen LogP contribution is -2.32. The van der Waals surface area contributed by atoms with Crippen molar-refractivity contribution in [3.05, 3.63) is 32.4 Å². The monoisotopic (exact) mass is 412 g/mol. The normalized spacial score (nSPS) is 25.1. The number of likely N-dealkylation sites (tertiary alicyclic amines) is 1. The number of nitrogens with one attached hydrogen (secondary N) is 1. The first-order chi connectivity index (χ1) is 8.65. The molecule has 2 saturated heterocycles. The van der Waals surface area contributed by atoms with Gasteiger partial charge in [0.05, 0.1) is 10.6 Å². The van der Waals surface area contributed by atoms with Crippen molar-refractivity contribution in [2.24, 2.45) is 11.8 Å². The largest absolute Gasteiger partial charge is 0.338 e. The molecule has 19 heavy (non-hydrogen) atoms. The van der Waals surface area contributed by atoms with Crippen LogP contribution in [0.5, 0.6) is 0 Å². The summed E-state index contributed by atoms with van der Waals surface area (Å²) in [6.07, 6.45) is 0. The molecule has 0 radical (unpaired) electrons. The Morgan fingerprint density at radius 1 is 1.32 bits per heavy atom. The summed E-state index contributed by atoms with van der Waals surface area (Å²) in [7, 11) is 0. The average molecular weight is 413 g/mol. The van der Waals surface area contributed by atoms with Crippen LogP contribution < -0.4 is 5.32 Å². The third-order valence-electron chi connectivity index (χ3n) is 3.84. The molecule has 1 aromatic carbocycles. The molecule has 0 aliphatic carbocycles. The van der Waals surface area contributed by atoms with Crippen LogP contribution in [-0.2, 0) is 0 Å². The zero-order chi connectivity index (χ0) is 12.7. The highest BCUT2D eigenvalue weighted by Gasteiger charge is 2.38. The van der Waals surface area contributed by atoms with Gasteiger partial charge in [-0.15, -0.1) is 12.4 Å². The van der Waals surface area contributed by atoms with Crippen molar-refractivity contribution in [1.82, 2.24) is 10.2 Å². The van der Waals surface area contributed by atoms with E-state index in [2.05, 4.69) is 27.9 Å². The van der Waals surface area contributed by atoms with Crippen LogP contribution in [0, 0.1) is 15.4 Å². The molecule has 2 atom stereocenters. The van der Waals surface area contributed by atoms with Gasteiger partial charge in [0.25, 0.3) is 5.91 Å². The molecule has 2 fully saturated rings. The molecule has 0 aromatic heterocycles. The molecule has 2 aliphatic rings. The van der Waals surface area contributed by atoms with Crippen LogP contribution in [0.2, 0.25) is 5.02 Å². The quantitative estimate of drug-likeness (QED) is 0.719. The van der Waals surface area contributed by atoms with E-state index in [0.717, 1.165) is 29.7 Å². The summed E-state index contributed by atoms with van der Waals surface area (Å²) in [5.74, 6) is 1.32. The predicted molar refractivity (Wildman–Crippen MR) is 87.2 cm³/mol. The van der Waals surface area contributed by atoms with Gasteiger partial charge in [-0.25, -0.2) is 0 Å². The second-order valence-corrected chi connectivity index (χ2v) is 6.67. The Hall–Kier alpha value is -0.0400. The van der Waals surface area contributed by atoms with Crippen molar-refractivity contribution >= 4 is 52.5 Å². The van der Waals surface area contributed by atoms with Gasteiger partial charge < -0.3 is 10.2 Å². The highest BCUT2D eigenvalue weighted by molar-refractivity contribution is 14.1. The number of benzene rings is 1. The lowest BCUT2D eigenvalue weighted by molar-refractivity contribution is 0.0782. The first-order valence-corrected chi connectivity index (χ1v) is 7.56. The molecule has 1 aromatic rings. The lowest BCUT2D eigenvalue weighted by Gasteiger charge is -2.18. The lowest BCUT2D eigenvalue weighted by atomic mass is 10.0. The fourth-order valence-electron chi connectivity index (χ4n) is 2.85. The Morgan fingerprint density at radius 3 is 2.53 bits per heavy atom. The van der Waals surface area contributed by atoms with Gasteiger partial charge in [0.1, 0.15) is 0 Å². The van der Waals surface area contributed by atoms with Crippen molar-refractivity contribution in [3.63, 3.8) is 0 Å². The van der Waals surface area contributed by atoms with E-state index in [1.807, 2.05) is 23.1 Å². The molecule has 1 N–H and O–H groups in total. The Labute approximate surface area is 137 Å². The fourth-order valence-corrected chi connectivity index (χ4v) is 3.79. The van der Waals surface area contributed by atoms with Crippen LogP contribution >= 0.6 is 46.6 Å². The standard InChI is InChI=1S/C13H14ClIN2O.ClH/c14-12-3-10(15)1-2-11(12)13(18)17-6-8-4-16-5-9(8)7-17;/h1-3,8-9,16H,4-7H2;1H/t8-,9+;. The number of fused-ring (bicyclic) bond motifs is 1. The predicted octanol–water partition coefficient (Wildman–Crippen LogP) is 2.66. The minimum atomic E-state index is 0. The van der Waals surface area contributed by atoms with Crippen LogP contribution in [0.15, 0.2) is 18.2 Å². The van der Waals surface area contributed by atoms with Gasteiger partial charge in [0, 0.05) is 29.7 Å². The van der Waals surface area contributed by atoms with E-state index >= 15 is 0 Å². The van der Waals surface area contributed by atoms with E-state index < -0.39 is 0 Å². The molecule has 2 aliphatic heterocycles. The fraction of sp³-hybridized carbons (Fsp3) is 0.462. The number of carbonyl (C=O) groups is 1. The van der Waals surface area contributed by atoms with Gasteiger partial charge in [-0.1, -0.05) is 11.6 Å². The van der Waals surface area contributed by atoms with E-state index in [-0.39, 0.29) is 18.3 Å². The first-order valence-electron chi connectivity index (χ1n) is 6.10. The second kappa shape index (κ2) is 6.16. The van der Waals surface area contributed by atoms with E-state index in [4.69, 9.17) is 11.6 Å². The van der Waals surface area contributed by atoms with Crippen molar-refractivity contribution in [3.8, 4) is 0 Å². The number of rotatable bonds is 1. The van der Waals surface area contributed by atoms with Crippen molar-refractivity contribution in [1.29, 1.82) is 0 Å². The number of halogens is 3. The van der Waals surface area contributed by atoms with Gasteiger partial charge in [-0.05, 0) is 52.6 Å². The molecule has 0 bridgehead atoms. The maximum Gasteiger partial charge on any atom is 0.255 e. The minimum Gasteiger partial charge on any atom is -0.338 e. The highest BCUT2D eigenvalue weighted by Crippen LogP contribution is 2.29. The summed E-state index contributed by atoms with van der Waals surface area (Å²) in [6, 6.07) is 5.60. The van der Waals surface area contributed by atoms with E-state index in [9.17, 15) is 4.79 Å². The second-order valence-electron chi connectivity index (χ2n) is 5.01. The van der Waals surface area contributed by atoms with Crippen LogP contribution in [0.1, 0.15) is 10.4 Å². The summed E-state index contributed by atoms with van der Waals surface area (Å²) in [5, 5.41) is 3.93. The molecule has 0 saturated carbocycles. The van der Waals surface area contributed by atoms with Crippen LogP contribution in [0.3, 0.4) is 0 Å². The smallest absolute Gasteiger partial charge is 0.255 e. The maximum atomic E-state index is 12.4. The molecule has 6 heteroatoms. The molecule has 0 spiro atoms. The van der Waals surface area contributed by atoms with Gasteiger partial charge in [0.15, 0.2) is 0 Å². The molecule has 3 nitrogen and oxygen atoms in total. The van der Waals surface area contributed by atoms with Crippen LogP contribution in [-0.4, -0.2) is 37.0 Å². The van der Waals surface area contributed by atoms with E-state index in [1.54, 1.807) is 0 Å². The van der Waals surface area contributed by atoms with Crippen molar-refractivity contribution < 1.29 is 4.79 Å². The Balaban J connectivity index is 0.00000133. The molecular weight excluding hydrogens is 398 g/mol.